The van der Waals surface area contributed by atoms with Gasteiger partial charge in [-0.3, -0.25) is 19.2 Å². The third kappa shape index (κ3) is 5.98. The molecule has 5 N–H and O–H groups in total. The number of nitrogens with zero attached hydrogens (tertiary/aromatic N) is 1. The number of aliphatic carboxylic acids is 1. The molecular formula is C17H30N4O5. The molecule has 4 unspecified atom stereocenters. The Kier molecular flexibility index (Phi) is 8.01. The molecule has 4 atom stereocenters. The minimum Gasteiger partial charge on any atom is -0.480 e. The number of carbonyl (C=O) groups excluding carboxylic acids is 3. The van der Waals surface area contributed by atoms with Gasteiger partial charge >= 0.3 is 5.97 Å². The molecule has 1 aliphatic rings. The van der Waals surface area contributed by atoms with Crippen molar-refractivity contribution in [1.82, 2.24) is 15.5 Å². The average Bonchev–Trinajstić information content (AvgIpc) is 3.02. The molecule has 1 fully saturated rings. The second-order valence-corrected chi connectivity index (χ2v) is 7.24. The lowest BCUT2D eigenvalue weighted by Crippen LogP contribution is -2.56. The van der Waals surface area contributed by atoms with E-state index >= 15 is 0 Å². The Balaban J connectivity index is 2.88. The fourth-order valence-electron chi connectivity index (χ4n) is 2.87. The maximum absolute atomic E-state index is 12.9. The summed E-state index contributed by atoms with van der Waals surface area (Å²) >= 11 is 0. The van der Waals surface area contributed by atoms with Gasteiger partial charge in [-0.1, -0.05) is 13.8 Å². The molecule has 0 spiro atoms. The molecule has 0 bridgehead atoms. The number of hydrogen-bond donors (Lipinski definition) is 4. The van der Waals surface area contributed by atoms with Crippen LogP contribution in [0.25, 0.3) is 0 Å². The highest BCUT2D eigenvalue weighted by Gasteiger charge is 2.38. The zero-order chi connectivity index (χ0) is 20.0. The summed E-state index contributed by atoms with van der Waals surface area (Å²) in [7, 11) is 0. The van der Waals surface area contributed by atoms with Gasteiger partial charge in [0.25, 0.3) is 0 Å². The first-order chi connectivity index (χ1) is 12.0. The third-order valence-electron chi connectivity index (χ3n) is 4.30. The number of rotatable bonds is 8. The van der Waals surface area contributed by atoms with Crippen molar-refractivity contribution in [1.29, 1.82) is 0 Å². The first kappa shape index (κ1) is 21.9. The van der Waals surface area contributed by atoms with E-state index in [1.54, 1.807) is 0 Å². The Morgan fingerprint density at radius 1 is 1.15 bits per heavy atom. The molecule has 3 amide bonds. The molecule has 1 saturated heterocycles. The minimum absolute atomic E-state index is 0.152. The maximum Gasteiger partial charge on any atom is 0.325 e. The van der Waals surface area contributed by atoms with Crippen molar-refractivity contribution in [3.05, 3.63) is 0 Å². The van der Waals surface area contributed by atoms with Crippen molar-refractivity contribution < 1.29 is 24.3 Å². The molecular weight excluding hydrogens is 340 g/mol. The van der Waals surface area contributed by atoms with E-state index < -0.39 is 42.0 Å². The Bertz CT molecular complexity index is 549. The van der Waals surface area contributed by atoms with Crippen molar-refractivity contribution in [2.24, 2.45) is 11.7 Å². The fourth-order valence-corrected chi connectivity index (χ4v) is 2.87. The van der Waals surface area contributed by atoms with Gasteiger partial charge in [-0.25, -0.2) is 0 Å². The third-order valence-corrected chi connectivity index (χ3v) is 4.30. The van der Waals surface area contributed by atoms with Gasteiger partial charge in [0.2, 0.25) is 17.7 Å². The van der Waals surface area contributed by atoms with E-state index in [0.29, 0.717) is 25.8 Å². The molecule has 0 aromatic rings. The number of hydrogen-bond acceptors (Lipinski definition) is 5. The standard InChI is InChI=1S/C17H30N4O5/c1-9(2)8-12(20-14(22)10(3)18)16(24)21-7-5-6-13(21)15(23)19-11(4)17(25)26/h9-13H,5-8,18H2,1-4H3,(H,19,23)(H,20,22)(H,25,26). The lowest BCUT2D eigenvalue weighted by atomic mass is 10.0. The lowest BCUT2D eigenvalue weighted by Gasteiger charge is -2.30. The van der Waals surface area contributed by atoms with Crippen molar-refractivity contribution in [3.8, 4) is 0 Å². The van der Waals surface area contributed by atoms with E-state index in [-0.39, 0.29) is 11.8 Å². The van der Waals surface area contributed by atoms with E-state index in [2.05, 4.69) is 10.6 Å². The van der Waals surface area contributed by atoms with E-state index in [1.165, 1.54) is 18.7 Å². The highest BCUT2D eigenvalue weighted by Crippen LogP contribution is 2.20. The van der Waals surface area contributed by atoms with Crippen molar-refractivity contribution in [2.45, 2.75) is 71.1 Å². The molecule has 1 heterocycles. The Morgan fingerprint density at radius 3 is 2.27 bits per heavy atom. The first-order valence-corrected chi connectivity index (χ1v) is 8.94. The summed E-state index contributed by atoms with van der Waals surface area (Å²) in [6, 6.07) is -3.28. The summed E-state index contributed by atoms with van der Waals surface area (Å²) in [6.45, 7) is 7.15. The van der Waals surface area contributed by atoms with E-state index in [1.807, 2.05) is 13.8 Å². The Morgan fingerprint density at radius 2 is 1.77 bits per heavy atom. The SMILES string of the molecule is CC(C)CC(NC(=O)C(C)N)C(=O)N1CCCC1C(=O)NC(C)C(=O)O. The van der Waals surface area contributed by atoms with Crippen molar-refractivity contribution >= 4 is 23.7 Å². The van der Waals surface area contributed by atoms with Gasteiger partial charge in [0, 0.05) is 6.54 Å². The molecule has 9 heteroatoms. The highest BCUT2D eigenvalue weighted by molar-refractivity contribution is 5.94. The van der Waals surface area contributed by atoms with E-state index in [9.17, 15) is 19.2 Å². The number of carboxylic acid groups (broad SMARTS) is 1. The average molecular weight is 370 g/mol. The first-order valence-electron chi connectivity index (χ1n) is 8.94. The van der Waals surface area contributed by atoms with Gasteiger partial charge in [0.05, 0.1) is 6.04 Å². The highest BCUT2D eigenvalue weighted by atomic mass is 16.4. The monoisotopic (exact) mass is 370 g/mol. The van der Waals surface area contributed by atoms with Crippen LogP contribution >= 0.6 is 0 Å². The number of carbonyl (C=O) groups is 4. The molecule has 148 valence electrons. The van der Waals surface area contributed by atoms with E-state index in [4.69, 9.17) is 10.8 Å². The summed E-state index contributed by atoms with van der Waals surface area (Å²) in [6.07, 6.45) is 1.52. The molecule has 0 saturated carbocycles. The van der Waals surface area contributed by atoms with Crippen LogP contribution in [0.4, 0.5) is 0 Å². The zero-order valence-corrected chi connectivity index (χ0v) is 15.8. The van der Waals surface area contributed by atoms with Gasteiger partial charge in [0.1, 0.15) is 18.1 Å². The van der Waals surface area contributed by atoms with Gasteiger partial charge in [0.15, 0.2) is 0 Å². The summed E-state index contributed by atoms with van der Waals surface area (Å²) in [5.41, 5.74) is 5.57. The number of nitrogens with two attached hydrogens (primary N) is 1. The summed E-state index contributed by atoms with van der Waals surface area (Å²) in [5, 5.41) is 14.0. The molecule has 1 aliphatic heterocycles. The number of amides is 3. The van der Waals surface area contributed by atoms with Crippen molar-refractivity contribution in [2.75, 3.05) is 6.54 Å². The van der Waals surface area contributed by atoms with Crippen LogP contribution in [0.2, 0.25) is 0 Å². The molecule has 1 rings (SSSR count). The molecule has 26 heavy (non-hydrogen) atoms. The largest absolute Gasteiger partial charge is 0.480 e. The van der Waals surface area contributed by atoms with E-state index in [0.717, 1.165) is 0 Å². The predicted octanol–water partition coefficient (Wildman–Crippen LogP) is -0.555. The second kappa shape index (κ2) is 9.51. The molecule has 0 aromatic heterocycles. The molecule has 9 nitrogen and oxygen atoms in total. The van der Waals surface area contributed by atoms with Crippen LogP contribution in [-0.2, 0) is 19.2 Å². The zero-order valence-electron chi connectivity index (χ0n) is 15.8. The minimum atomic E-state index is -1.14. The molecule has 0 aliphatic carbocycles. The smallest absolute Gasteiger partial charge is 0.325 e. The Hall–Kier alpha value is -2.16. The summed E-state index contributed by atoms with van der Waals surface area (Å²) in [5.74, 6) is -2.25. The maximum atomic E-state index is 12.9. The fraction of sp³-hybridized carbons (Fsp3) is 0.765. The van der Waals surface area contributed by atoms with Crippen LogP contribution in [0.1, 0.15) is 47.0 Å². The van der Waals surface area contributed by atoms with Crippen molar-refractivity contribution in [3.63, 3.8) is 0 Å². The van der Waals surface area contributed by atoms with Gasteiger partial charge < -0.3 is 26.4 Å². The van der Waals surface area contributed by atoms with Crippen LogP contribution in [0.15, 0.2) is 0 Å². The van der Waals surface area contributed by atoms with Crippen LogP contribution in [-0.4, -0.2) is 64.4 Å². The second-order valence-electron chi connectivity index (χ2n) is 7.24. The molecule has 0 radical (unpaired) electrons. The number of nitrogens with one attached hydrogen (secondary N) is 2. The number of likely N-dealkylation sites (tertiary alicyclic amines) is 1. The van der Waals surface area contributed by atoms with Crippen LogP contribution in [0, 0.1) is 5.92 Å². The number of carboxylic acids is 1. The quantitative estimate of drug-likeness (QED) is 0.451. The van der Waals surface area contributed by atoms with Gasteiger partial charge in [-0.2, -0.15) is 0 Å². The topological polar surface area (TPSA) is 142 Å². The van der Waals surface area contributed by atoms with Crippen LogP contribution in [0.5, 0.6) is 0 Å². The lowest BCUT2D eigenvalue weighted by molar-refractivity contribution is -0.144. The summed E-state index contributed by atoms with van der Waals surface area (Å²) in [4.78, 5) is 49.6. The normalized spacial score (nSPS) is 20.4. The predicted molar refractivity (Wildman–Crippen MR) is 95.0 cm³/mol. The van der Waals surface area contributed by atoms with Gasteiger partial charge in [-0.15, -0.1) is 0 Å². The van der Waals surface area contributed by atoms with Gasteiger partial charge in [-0.05, 0) is 39.0 Å². The van der Waals surface area contributed by atoms with Crippen LogP contribution < -0.4 is 16.4 Å². The summed E-state index contributed by atoms with van der Waals surface area (Å²) < 4.78 is 0. The Labute approximate surface area is 153 Å². The molecule has 0 aromatic carbocycles. The van der Waals surface area contributed by atoms with Crippen LogP contribution in [0.3, 0.4) is 0 Å².